The molecular weight excluding hydrogens is 214 g/mol. The molecule has 0 aliphatic rings. The second-order valence-electron chi connectivity index (χ2n) is 4.29. The lowest BCUT2D eigenvalue weighted by Gasteiger charge is -2.12. The summed E-state index contributed by atoms with van der Waals surface area (Å²) in [5.41, 5.74) is 2.54. The van der Waals surface area contributed by atoms with Crippen LogP contribution in [-0.4, -0.2) is 38.1 Å². The van der Waals surface area contributed by atoms with Crippen molar-refractivity contribution in [3.05, 3.63) is 35.4 Å². The molecule has 0 aromatic heterocycles. The predicted molar refractivity (Wildman–Crippen MR) is 70.0 cm³/mol. The summed E-state index contributed by atoms with van der Waals surface area (Å²) in [5, 5.41) is 6.09. The first kappa shape index (κ1) is 13.5. The molecule has 0 unspecified atom stereocenters. The maximum Gasteiger partial charge on any atom is 0.316 e. The molecule has 1 aromatic carbocycles. The third kappa shape index (κ3) is 5.36. The van der Waals surface area contributed by atoms with E-state index in [1.165, 1.54) is 16.0 Å². The van der Waals surface area contributed by atoms with Gasteiger partial charge in [-0.2, -0.15) is 0 Å². The number of nitrogens with zero attached hydrogens (tertiary/aromatic N) is 1. The number of carbonyl (C=O) groups is 1. The zero-order valence-corrected chi connectivity index (χ0v) is 10.8. The fraction of sp³-hybridized carbons (Fsp3) is 0.462. The molecule has 0 radical (unpaired) electrons. The molecule has 0 atom stereocenters. The van der Waals surface area contributed by atoms with Crippen LogP contribution in [0.25, 0.3) is 0 Å². The highest BCUT2D eigenvalue weighted by atomic mass is 16.2. The standard InChI is InChI=1S/C13H21N3O/c1-11-5-4-6-12(9-11)10-14-7-8-15-13(17)16(2)3/h4-6,9,14H,7-8,10H2,1-3H3,(H,15,17). The maximum atomic E-state index is 11.2. The normalized spacial score (nSPS) is 10.1. The van der Waals surface area contributed by atoms with Crippen LogP contribution in [0, 0.1) is 6.92 Å². The Morgan fingerprint density at radius 2 is 2.06 bits per heavy atom. The number of amides is 2. The number of nitrogens with one attached hydrogen (secondary N) is 2. The van der Waals surface area contributed by atoms with E-state index in [0.717, 1.165) is 13.1 Å². The number of urea groups is 1. The minimum atomic E-state index is -0.0534. The summed E-state index contributed by atoms with van der Waals surface area (Å²) in [4.78, 5) is 12.7. The summed E-state index contributed by atoms with van der Waals surface area (Å²) < 4.78 is 0. The van der Waals surface area contributed by atoms with E-state index in [9.17, 15) is 4.79 Å². The number of benzene rings is 1. The first-order valence-corrected chi connectivity index (χ1v) is 5.81. The number of hydrogen-bond donors (Lipinski definition) is 2. The smallest absolute Gasteiger partial charge is 0.316 e. The first-order valence-electron chi connectivity index (χ1n) is 5.81. The first-order chi connectivity index (χ1) is 8.09. The highest BCUT2D eigenvalue weighted by Crippen LogP contribution is 2.02. The topological polar surface area (TPSA) is 44.4 Å². The van der Waals surface area contributed by atoms with Gasteiger partial charge in [-0.1, -0.05) is 29.8 Å². The van der Waals surface area contributed by atoms with E-state index in [0.29, 0.717) is 6.54 Å². The number of rotatable bonds is 5. The Bertz CT molecular complexity index is 363. The van der Waals surface area contributed by atoms with Crippen molar-refractivity contribution in [1.29, 1.82) is 0 Å². The van der Waals surface area contributed by atoms with Crippen LogP contribution in [0.4, 0.5) is 4.79 Å². The molecule has 4 nitrogen and oxygen atoms in total. The molecule has 94 valence electrons. The highest BCUT2D eigenvalue weighted by molar-refractivity contribution is 5.73. The van der Waals surface area contributed by atoms with E-state index in [-0.39, 0.29) is 6.03 Å². The molecule has 0 saturated heterocycles. The third-order valence-corrected chi connectivity index (χ3v) is 2.40. The second kappa shape index (κ2) is 6.91. The van der Waals surface area contributed by atoms with Gasteiger partial charge in [-0.15, -0.1) is 0 Å². The van der Waals surface area contributed by atoms with Gasteiger partial charge >= 0.3 is 6.03 Å². The average molecular weight is 235 g/mol. The summed E-state index contributed by atoms with van der Waals surface area (Å²) >= 11 is 0. The highest BCUT2D eigenvalue weighted by Gasteiger charge is 2.00. The largest absolute Gasteiger partial charge is 0.337 e. The van der Waals surface area contributed by atoms with Gasteiger partial charge in [0.15, 0.2) is 0 Å². The average Bonchev–Trinajstić information content (AvgIpc) is 2.28. The number of carbonyl (C=O) groups excluding carboxylic acids is 1. The van der Waals surface area contributed by atoms with Crippen molar-refractivity contribution < 1.29 is 4.79 Å². The lowest BCUT2D eigenvalue weighted by Crippen LogP contribution is -2.38. The molecule has 0 fully saturated rings. The van der Waals surface area contributed by atoms with Gasteiger partial charge in [0.25, 0.3) is 0 Å². The molecule has 1 aromatic rings. The van der Waals surface area contributed by atoms with E-state index < -0.39 is 0 Å². The van der Waals surface area contributed by atoms with Crippen molar-refractivity contribution in [3.8, 4) is 0 Å². The van der Waals surface area contributed by atoms with E-state index in [1.807, 2.05) is 0 Å². The molecule has 0 spiro atoms. The van der Waals surface area contributed by atoms with E-state index in [2.05, 4.69) is 41.8 Å². The molecule has 4 heteroatoms. The maximum absolute atomic E-state index is 11.2. The predicted octanol–water partition coefficient (Wildman–Crippen LogP) is 1.36. The SMILES string of the molecule is Cc1cccc(CNCCNC(=O)N(C)C)c1. The summed E-state index contributed by atoms with van der Waals surface area (Å²) in [6.45, 7) is 4.33. The molecule has 2 amide bonds. The van der Waals surface area contributed by atoms with E-state index in [1.54, 1.807) is 14.1 Å². The Balaban J connectivity index is 2.14. The Hall–Kier alpha value is -1.55. The van der Waals surface area contributed by atoms with E-state index in [4.69, 9.17) is 0 Å². The van der Waals surface area contributed by atoms with Crippen LogP contribution in [0.3, 0.4) is 0 Å². The zero-order chi connectivity index (χ0) is 12.7. The summed E-state index contributed by atoms with van der Waals surface area (Å²) in [6.07, 6.45) is 0. The van der Waals surface area contributed by atoms with Crippen molar-refractivity contribution in [2.45, 2.75) is 13.5 Å². The fourth-order valence-corrected chi connectivity index (χ4v) is 1.47. The number of aryl methyl sites for hydroxylation is 1. The van der Waals surface area contributed by atoms with Crippen LogP contribution in [0.5, 0.6) is 0 Å². The van der Waals surface area contributed by atoms with Gasteiger partial charge in [0.05, 0.1) is 0 Å². The fourth-order valence-electron chi connectivity index (χ4n) is 1.47. The molecule has 0 bridgehead atoms. The Kier molecular flexibility index (Phi) is 5.49. The van der Waals surface area contributed by atoms with E-state index >= 15 is 0 Å². The van der Waals surface area contributed by atoms with Crippen molar-refractivity contribution in [3.63, 3.8) is 0 Å². The molecular formula is C13H21N3O. The molecule has 1 rings (SSSR count). The third-order valence-electron chi connectivity index (χ3n) is 2.40. The van der Waals surface area contributed by atoms with Crippen molar-refractivity contribution in [2.24, 2.45) is 0 Å². The molecule has 0 aliphatic carbocycles. The van der Waals surface area contributed by atoms with Gasteiger partial charge in [0.2, 0.25) is 0 Å². The lowest BCUT2D eigenvalue weighted by molar-refractivity contribution is 0.217. The van der Waals surface area contributed by atoms with Crippen molar-refractivity contribution in [2.75, 3.05) is 27.2 Å². The monoisotopic (exact) mass is 235 g/mol. The quantitative estimate of drug-likeness (QED) is 0.757. The van der Waals surface area contributed by atoms with Crippen LogP contribution in [-0.2, 0) is 6.54 Å². The van der Waals surface area contributed by atoms with Crippen LogP contribution < -0.4 is 10.6 Å². The summed E-state index contributed by atoms with van der Waals surface area (Å²) in [6, 6.07) is 8.34. The molecule has 17 heavy (non-hydrogen) atoms. The Morgan fingerprint density at radius 3 is 2.71 bits per heavy atom. The zero-order valence-electron chi connectivity index (χ0n) is 10.8. The minimum Gasteiger partial charge on any atom is -0.337 e. The minimum absolute atomic E-state index is 0.0534. The molecule has 0 saturated carbocycles. The van der Waals surface area contributed by atoms with Gasteiger partial charge in [0, 0.05) is 33.7 Å². The summed E-state index contributed by atoms with van der Waals surface area (Å²) in [7, 11) is 3.46. The van der Waals surface area contributed by atoms with Gasteiger partial charge in [-0.05, 0) is 12.5 Å². The van der Waals surface area contributed by atoms with Gasteiger partial charge in [-0.25, -0.2) is 4.79 Å². The van der Waals surface area contributed by atoms with Crippen LogP contribution in [0.2, 0.25) is 0 Å². The Morgan fingerprint density at radius 1 is 1.29 bits per heavy atom. The Labute approximate surface area is 103 Å². The van der Waals surface area contributed by atoms with Crippen molar-refractivity contribution >= 4 is 6.03 Å². The molecule has 2 N–H and O–H groups in total. The number of hydrogen-bond acceptors (Lipinski definition) is 2. The lowest BCUT2D eigenvalue weighted by atomic mass is 10.1. The van der Waals surface area contributed by atoms with Crippen molar-refractivity contribution in [1.82, 2.24) is 15.5 Å². The molecule has 0 heterocycles. The van der Waals surface area contributed by atoms with Gasteiger partial charge < -0.3 is 15.5 Å². The van der Waals surface area contributed by atoms with Crippen LogP contribution in [0.15, 0.2) is 24.3 Å². The van der Waals surface area contributed by atoms with Crippen LogP contribution in [0.1, 0.15) is 11.1 Å². The second-order valence-corrected chi connectivity index (χ2v) is 4.29. The van der Waals surface area contributed by atoms with Gasteiger partial charge in [0.1, 0.15) is 0 Å². The summed E-state index contributed by atoms with van der Waals surface area (Å²) in [5.74, 6) is 0. The van der Waals surface area contributed by atoms with Crippen LogP contribution >= 0.6 is 0 Å². The van der Waals surface area contributed by atoms with Gasteiger partial charge in [-0.3, -0.25) is 0 Å². The molecule has 0 aliphatic heterocycles.